The third-order valence-corrected chi connectivity index (χ3v) is 6.04. The van der Waals surface area contributed by atoms with Gasteiger partial charge in [-0.1, -0.05) is 24.3 Å². The number of nitrogens with one attached hydrogen (secondary N) is 1. The predicted molar refractivity (Wildman–Crippen MR) is 125 cm³/mol. The van der Waals surface area contributed by atoms with Crippen LogP contribution in [0.25, 0.3) is 0 Å². The molecule has 1 aliphatic rings. The van der Waals surface area contributed by atoms with Crippen LogP contribution in [0.5, 0.6) is 5.75 Å². The lowest BCUT2D eigenvalue weighted by molar-refractivity contribution is -0.147. The van der Waals surface area contributed by atoms with Gasteiger partial charge in [0.15, 0.2) is 12.4 Å². The number of thiophene rings is 1. The SMILES string of the molecule is O=C(COC(=O)[C@@H]1CC(=O)N(NC(=O)c2ccccc2)C1)c1ccc(OC(=O)c2cccs2)cc1. The highest BCUT2D eigenvalue weighted by Gasteiger charge is 2.36. The van der Waals surface area contributed by atoms with E-state index in [0.29, 0.717) is 10.4 Å². The number of rotatable bonds is 8. The van der Waals surface area contributed by atoms with E-state index in [1.54, 1.807) is 47.8 Å². The van der Waals surface area contributed by atoms with Crippen molar-refractivity contribution in [2.45, 2.75) is 6.42 Å². The van der Waals surface area contributed by atoms with Gasteiger partial charge in [-0.15, -0.1) is 11.3 Å². The van der Waals surface area contributed by atoms with Gasteiger partial charge in [-0.3, -0.25) is 29.6 Å². The van der Waals surface area contributed by atoms with Gasteiger partial charge in [-0.05, 0) is 47.8 Å². The van der Waals surface area contributed by atoms with Gasteiger partial charge in [0, 0.05) is 17.5 Å². The minimum absolute atomic E-state index is 0.0469. The van der Waals surface area contributed by atoms with Crippen molar-refractivity contribution in [2.24, 2.45) is 5.92 Å². The minimum atomic E-state index is -0.801. The molecule has 1 saturated heterocycles. The first kappa shape index (κ1) is 23.8. The summed E-state index contributed by atoms with van der Waals surface area (Å²) >= 11 is 1.26. The quantitative estimate of drug-likeness (QED) is 0.292. The van der Waals surface area contributed by atoms with E-state index in [1.807, 2.05) is 0 Å². The normalized spacial score (nSPS) is 14.9. The Morgan fingerprint density at radius 2 is 1.69 bits per heavy atom. The van der Waals surface area contributed by atoms with Crippen LogP contribution in [-0.4, -0.2) is 47.7 Å². The number of hydrogen-bond donors (Lipinski definition) is 1. The Hall–Kier alpha value is -4.31. The van der Waals surface area contributed by atoms with Gasteiger partial charge in [0.25, 0.3) is 5.91 Å². The number of ether oxygens (including phenoxy) is 2. The molecule has 9 nitrogen and oxygen atoms in total. The summed E-state index contributed by atoms with van der Waals surface area (Å²) in [7, 11) is 0. The second kappa shape index (κ2) is 10.7. The highest BCUT2D eigenvalue weighted by molar-refractivity contribution is 7.12. The van der Waals surface area contributed by atoms with Crippen LogP contribution in [0.1, 0.15) is 36.8 Å². The molecule has 1 aliphatic heterocycles. The van der Waals surface area contributed by atoms with Crippen LogP contribution >= 0.6 is 11.3 Å². The van der Waals surface area contributed by atoms with Crippen molar-refractivity contribution in [2.75, 3.05) is 13.2 Å². The van der Waals surface area contributed by atoms with Crippen molar-refractivity contribution in [3.63, 3.8) is 0 Å². The highest BCUT2D eigenvalue weighted by atomic mass is 32.1. The Morgan fingerprint density at radius 1 is 0.943 bits per heavy atom. The van der Waals surface area contributed by atoms with E-state index < -0.39 is 42.1 Å². The Balaban J connectivity index is 1.25. The van der Waals surface area contributed by atoms with E-state index in [1.165, 1.54) is 35.6 Å². The molecule has 0 radical (unpaired) electrons. The van der Waals surface area contributed by atoms with Gasteiger partial charge in [0.05, 0.1) is 12.5 Å². The lowest BCUT2D eigenvalue weighted by atomic mass is 10.1. The number of esters is 2. The molecule has 10 heteroatoms. The first-order valence-corrected chi connectivity index (χ1v) is 11.5. The van der Waals surface area contributed by atoms with Gasteiger partial charge in [0.2, 0.25) is 5.91 Å². The summed E-state index contributed by atoms with van der Waals surface area (Å²) in [4.78, 5) is 61.7. The fourth-order valence-electron chi connectivity index (χ4n) is 3.35. The van der Waals surface area contributed by atoms with Crippen LogP contribution in [0.3, 0.4) is 0 Å². The fraction of sp³-hybridized carbons (Fsp3) is 0.160. The van der Waals surface area contributed by atoms with Crippen LogP contribution in [0.4, 0.5) is 0 Å². The zero-order valence-electron chi connectivity index (χ0n) is 18.3. The molecule has 0 spiro atoms. The van der Waals surface area contributed by atoms with Gasteiger partial charge in [-0.2, -0.15) is 0 Å². The lowest BCUT2D eigenvalue weighted by Crippen LogP contribution is -2.43. The summed E-state index contributed by atoms with van der Waals surface area (Å²) in [5.41, 5.74) is 3.13. The largest absolute Gasteiger partial charge is 0.457 e. The number of nitrogens with zero attached hydrogens (tertiary/aromatic N) is 1. The molecule has 35 heavy (non-hydrogen) atoms. The van der Waals surface area contributed by atoms with E-state index in [4.69, 9.17) is 9.47 Å². The van der Waals surface area contributed by atoms with Crippen molar-refractivity contribution in [1.82, 2.24) is 10.4 Å². The number of carbonyl (C=O) groups excluding carboxylic acids is 5. The Labute approximate surface area is 204 Å². The van der Waals surface area contributed by atoms with E-state index >= 15 is 0 Å². The van der Waals surface area contributed by atoms with E-state index in [-0.39, 0.29) is 24.3 Å². The van der Waals surface area contributed by atoms with Gasteiger partial charge >= 0.3 is 11.9 Å². The molecular formula is C25H20N2O7S. The number of hydrogen-bond acceptors (Lipinski definition) is 8. The molecule has 3 aromatic rings. The first-order chi connectivity index (χ1) is 16.9. The van der Waals surface area contributed by atoms with Crippen LogP contribution in [-0.2, 0) is 14.3 Å². The predicted octanol–water partition coefficient (Wildman–Crippen LogP) is 2.89. The smallest absolute Gasteiger partial charge is 0.353 e. The summed E-state index contributed by atoms with van der Waals surface area (Å²) in [6.45, 7) is -0.553. The van der Waals surface area contributed by atoms with Crippen molar-refractivity contribution >= 4 is 40.9 Å². The number of Topliss-reactive ketones (excluding diaryl/α,β-unsaturated/α-hetero) is 1. The summed E-state index contributed by atoms with van der Waals surface area (Å²) in [5, 5.41) is 2.85. The maximum absolute atomic E-state index is 12.4. The maximum atomic E-state index is 12.4. The van der Waals surface area contributed by atoms with Crippen LogP contribution in [0.15, 0.2) is 72.1 Å². The second-order valence-electron chi connectivity index (χ2n) is 7.63. The third-order valence-electron chi connectivity index (χ3n) is 5.19. The Kier molecular flexibility index (Phi) is 7.32. The Bertz CT molecular complexity index is 1240. The zero-order valence-corrected chi connectivity index (χ0v) is 19.2. The summed E-state index contributed by atoms with van der Waals surface area (Å²) < 4.78 is 10.4. The van der Waals surface area contributed by atoms with E-state index in [0.717, 1.165) is 5.01 Å². The molecule has 1 fully saturated rings. The van der Waals surface area contributed by atoms with Crippen molar-refractivity contribution < 1.29 is 33.4 Å². The molecule has 2 aromatic carbocycles. The Morgan fingerprint density at radius 3 is 2.37 bits per heavy atom. The molecule has 1 aromatic heterocycles. The van der Waals surface area contributed by atoms with Crippen LogP contribution < -0.4 is 10.2 Å². The minimum Gasteiger partial charge on any atom is -0.457 e. The van der Waals surface area contributed by atoms with Gasteiger partial charge < -0.3 is 9.47 Å². The topological polar surface area (TPSA) is 119 Å². The standard InChI is InChI=1S/C25H20N2O7S/c28-20(16-8-10-19(11-9-16)34-25(32)21-7-4-12-35-21)15-33-24(31)18-13-22(29)27(14-18)26-23(30)17-5-2-1-3-6-17/h1-12,18H,13-15H2,(H,26,30)/t18-/m1/s1. The van der Waals surface area contributed by atoms with Crippen molar-refractivity contribution in [3.8, 4) is 5.75 Å². The van der Waals surface area contributed by atoms with Crippen LogP contribution in [0.2, 0.25) is 0 Å². The molecular weight excluding hydrogens is 472 g/mol. The first-order valence-electron chi connectivity index (χ1n) is 10.6. The molecule has 178 valence electrons. The molecule has 1 N–H and O–H groups in total. The maximum Gasteiger partial charge on any atom is 0.353 e. The molecule has 0 unspecified atom stereocenters. The molecule has 4 rings (SSSR count). The number of carbonyl (C=O) groups is 5. The molecule has 2 heterocycles. The molecule has 0 bridgehead atoms. The lowest BCUT2D eigenvalue weighted by Gasteiger charge is -2.17. The fourth-order valence-corrected chi connectivity index (χ4v) is 3.95. The summed E-state index contributed by atoms with van der Waals surface area (Å²) in [5.74, 6) is -3.06. The summed E-state index contributed by atoms with van der Waals surface area (Å²) in [6.07, 6.45) is -0.133. The summed E-state index contributed by atoms with van der Waals surface area (Å²) in [6, 6.07) is 17.6. The zero-order chi connectivity index (χ0) is 24.8. The van der Waals surface area contributed by atoms with E-state index in [9.17, 15) is 24.0 Å². The molecule has 0 aliphatic carbocycles. The molecule has 0 saturated carbocycles. The third kappa shape index (κ3) is 5.98. The molecule has 2 amide bonds. The van der Waals surface area contributed by atoms with Crippen LogP contribution in [0, 0.1) is 5.92 Å². The van der Waals surface area contributed by atoms with Crippen molar-refractivity contribution in [3.05, 3.63) is 88.1 Å². The number of amides is 2. The molecule has 1 atom stereocenters. The number of ketones is 1. The van der Waals surface area contributed by atoms with Gasteiger partial charge in [0.1, 0.15) is 10.6 Å². The average Bonchev–Trinajstić information content (AvgIpc) is 3.54. The average molecular weight is 493 g/mol. The monoisotopic (exact) mass is 492 g/mol. The van der Waals surface area contributed by atoms with Crippen molar-refractivity contribution in [1.29, 1.82) is 0 Å². The number of benzene rings is 2. The second-order valence-corrected chi connectivity index (χ2v) is 8.58. The number of hydrazine groups is 1. The van der Waals surface area contributed by atoms with Gasteiger partial charge in [-0.25, -0.2) is 4.79 Å². The highest BCUT2D eigenvalue weighted by Crippen LogP contribution is 2.19. The van der Waals surface area contributed by atoms with E-state index in [2.05, 4.69) is 5.43 Å².